The van der Waals surface area contributed by atoms with E-state index < -0.39 is 11.6 Å². The normalized spacial score (nSPS) is 18.2. The first-order valence-corrected chi connectivity index (χ1v) is 7.41. The van der Waals surface area contributed by atoms with Crippen LogP contribution >= 0.6 is 0 Å². The molecule has 1 aliphatic heterocycles. The Morgan fingerprint density at radius 1 is 1.09 bits per heavy atom. The second-order valence-electron chi connectivity index (χ2n) is 5.61. The van der Waals surface area contributed by atoms with E-state index in [0.29, 0.717) is 16.5 Å². The van der Waals surface area contributed by atoms with Gasteiger partial charge in [0.2, 0.25) is 0 Å². The van der Waals surface area contributed by atoms with Gasteiger partial charge in [0.1, 0.15) is 11.6 Å². The smallest absolute Gasteiger partial charge is 0.143 e. The summed E-state index contributed by atoms with van der Waals surface area (Å²) in [7, 11) is 0. The molecule has 2 heterocycles. The van der Waals surface area contributed by atoms with Crippen LogP contribution in [0.4, 0.5) is 8.78 Å². The second-order valence-corrected chi connectivity index (χ2v) is 5.61. The van der Waals surface area contributed by atoms with Crippen LogP contribution in [0.15, 0.2) is 42.6 Å². The van der Waals surface area contributed by atoms with E-state index in [1.54, 1.807) is 24.4 Å². The summed E-state index contributed by atoms with van der Waals surface area (Å²) < 4.78 is 34.5. The first-order valence-electron chi connectivity index (χ1n) is 7.41. The van der Waals surface area contributed by atoms with Gasteiger partial charge in [-0.2, -0.15) is 0 Å². The van der Waals surface area contributed by atoms with Gasteiger partial charge in [-0.3, -0.25) is 0 Å². The van der Waals surface area contributed by atoms with E-state index in [0.717, 1.165) is 25.0 Å². The minimum atomic E-state index is -0.558. The molecule has 4 rings (SSSR count). The third kappa shape index (κ3) is 2.11. The lowest BCUT2D eigenvalue weighted by Gasteiger charge is -2.11. The summed E-state index contributed by atoms with van der Waals surface area (Å²) in [6.45, 7) is 0.778. The number of fused-ring (bicyclic) bond motifs is 1. The Bertz CT molecular complexity index is 817. The molecule has 2 aromatic carbocycles. The lowest BCUT2D eigenvalue weighted by atomic mass is 9.99. The average molecular weight is 299 g/mol. The van der Waals surface area contributed by atoms with Crippen LogP contribution in [0.1, 0.15) is 24.5 Å². The first kappa shape index (κ1) is 13.5. The number of aromatic nitrogens is 1. The van der Waals surface area contributed by atoms with Crippen molar-refractivity contribution < 1.29 is 13.5 Å². The SMILES string of the molecule is Fc1cc2[nH]ccc2c(F)c1-c1ccc([C@@H]2CCCO2)cc1. The summed E-state index contributed by atoms with van der Waals surface area (Å²) in [5.74, 6) is -1.08. The summed E-state index contributed by atoms with van der Waals surface area (Å²) in [5, 5.41) is 0.402. The third-order valence-corrected chi connectivity index (χ3v) is 4.25. The molecule has 0 amide bonds. The maximum absolute atomic E-state index is 14.6. The van der Waals surface area contributed by atoms with Gasteiger partial charge in [-0.15, -0.1) is 0 Å². The molecule has 0 radical (unpaired) electrons. The summed E-state index contributed by atoms with van der Waals surface area (Å²) in [6, 6.07) is 10.3. The molecule has 0 saturated carbocycles. The van der Waals surface area contributed by atoms with E-state index in [9.17, 15) is 8.78 Å². The minimum Gasteiger partial charge on any atom is -0.374 e. The Hall–Kier alpha value is -2.20. The van der Waals surface area contributed by atoms with Crippen molar-refractivity contribution in [1.29, 1.82) is 0 Å². The average Bonchev–Trinajstić information content (AvgIpc) is 3.19. The van der Waals surface area contributed by atoms with Crippen LogP contribution < -0.4 is 0 Å². The molecule has 0 unspecified atom stereocenters. The highest BCUT2D eigenvalue weighted by Gasteiger charge is 2.19. The lowest BCUT2D eigenvalue weighted by molar-refractivity contribution is 0.112. The summed E-state index contributed by atoms with van der Waals surface area (Å²) >= 11 is 0. The fourth-order valence-electron chi connectivity index (χ4n) is 3.10. The van der Waals surface area contributed by atoms with Crippen molar-refractivity contribution in [3.8, 4) is 11.1 Å². The van der Waals surface area contributed by atoms with Crippen molar-refractivity contribution in [2.45, 2.75) is 18.9 Å². The quantitative estimate of drug-likeness (QED) is 0.710. The fourth-order valence-corrected chi connectivity index (χ4v) is 3.10. The molecule has 1 aliphatic rings. The van der Waals surface area contributed by atoms with Crippen molar-refractivity contribution in [2.24, 2.45) is 0 Å². The van der Waals surface area contributed by atoms with E-state index in [2.05, 4.69) is 4.98 Å². The van der Waals surface area contributed by atoms with Crippen molar-refractivity contribution >= 4 is 10.9 Å². The van der Waals surface area contributed by atoms with Crippen LogP contribution in [0, 0.1) is 11.6 Å². The summed E-state index contributed by atoms with van der Waals surface area (Å²) in [5.41, 5.74) is 2.09. The molecule has 22 heavy (non-hydrogen) atoms. The van der Waals surface area contributed by atoms with Gasteiger partial charge in [-0.25, -0.2) is 8.78 Å². The van der Waals surface area contributed by atoms with E-state index in [1.165, 1.54) is 6.07 Å². The zero-order chi connectivity index (χ0) is 15.1. The zero-order valence-electron chi connectivity index (χ0n) is 11.9. The van der Waals surface area contributed by atoms with E-state index in [1.807, 2.05) is 12.1 Å². The largest absolute Gasteiger partial charge is 0.374 e. The van der Waals surface area contributed by atoms with Gasteiger partial charge < -0.3 is 9.72 Å². The van der Waals surface area contributed by atoms with Gasteiger partial charge in [-0.05, 0) is 36.1 Å². The second kappa shape index (κ2) is 5.21. The number of halogens is 2. The molecule has 1 aromatic heterocycles. The monoisotopic (exact) mass is 299 g/mol. The van der Waals surface area contributed by atoms with Gasteiger partial charge in [0.25, 0.3) is 0 Å². The van der Waals surface area contributed by atoms with Crippen molar-refractivity contribution in [3.05, 3.63) is 59.8 Å². The van der Waals surface area contributed by atoms with E-state index in [4.69, 9.17) is 4.74 Å². The Morgan fingerprint density at radius 2 is 1.91 bits per heavy atom. The standard InChI is InChI=1S/C18H15F2NO/c19-14-10-15-13(7-8-21-15)18(20)17(14)12-5-3-11(4-6-12)16-2-1-9-22-16/h3-8,10,16,21H,1-2,9H2/t16-/m0/s1. The Morgan fingerprint density at radius 3 is 2.64 bits per heavy atom. The molecule has 1 N–H and O–H groups in total. The molecule has 0 bridgehead atoms. The number of ether oxygens (including phenoxy) is 1. The molecule has 1 fully saturated rings. The van der Waals surface area contributed by atoms with Crippen LogP contribution in [0.25, 0.3) is 22.0 Å². The molecule has 0 aliphatic carbocycles. The Kier molecular flexibility index (Phi) is 3.19. The van der Waals surface area contributed by atoms with Crippen molar-refractivity contribution in [3.63, 3.8) is 0 Å². The number of nitrogens with one attached hydrogen (secondary N) is 1. The van der Waals surface area contributed by atoms with Gasteiger partial charge in [-0.1, -0.05) is 24.3 Å². The van der Waals surface area contributed by atoms with E-state index in [-0.39, 0.29) is 11.7 Å². The highest BCUT2D eigenvalue weighted by atomic mass is 19.1. The minimum absolute atomic E-state index is 0.0194. The predicted octanol–water partition coefficient (Wildman–Crippen LogP) is 4.96. The van der Waals surface area contributed by atoms with Gasteiger partial charge in [0.05, 0.1) is 17.2 Å². The number of hydrogen-bond donors (Lipinski definition) is 1. The highest BCUT2D eigenvalue weighted by Crippen LogP contribution is 2.34. The summed E-state index contributed by atoms with van der Waals surface area (Å²) in [6.07, 6.45) is 3.77. The maximum Gasteiger partial charge on any atom is 0.143 e. The topological polar surface area (TPSA) is 25.0 Å². The number of benzene rings is 2. The molecular formula is C18H15F2NO. The van der Waals surface area contributed by atoms with Crippen LogP contribution in [0.2, 0.25) is 0 Å². The van der Waals surface area contributed by atoms with Crippen LogP contribution in [-0.4, -0.2) is 11.6 Å². The fraction of sp³-hybridized carbons (Fsp3) is 0.222. The third-order valence-electron chi connectivity index (χ3n) is 4.25. The van der Waals surface area contributed by atoms with Crippen LogP contribution in [0.3, 0.4) is 0 Å². The number of hydrogen-bond acceptors (Lipinski definition) is 1. The number of rotatable bonds is 2. The molecule has 1 atom stereocenters. The van der Waals surface area contributed by atoms with Crippen LogP contribution in [0.5, 0.6) is 0 Å². The van der Waals surface area contributed by atoms with Gasteiger partial charge in [0, 0.05) is 18.2 Å². The molecule has 1 saturated heterocycles. The molecule has 4 heteroatoms. The van der Waals surface area contributed by atoms with Crippen molar-refractivity contribution in [1.82, 2.24) is 4.98 Å². The molecular weight excluding hydrogens is 284 g/mol. The predicted molar refractivity (Wildman–Crippen MR) is 81.6 cm³/mol. The van der Waals surface area contributed by atoms with Crippen molar-refractivity contribution in [2.75, 3.05) is 6.61 Å². The lowest BCUT2D eigenvalue weighted by Crippen LogP contribution is -1.96. The highest BCUT2D eigenvalue weighted by molar-refractivity contribution is 5.86. The van der Waals surface area contributed by atoms with E-state index >= 15 is 0 Å². The maximum atomic E-state index is 14.6. The van der Waals surface area contributed by atoms with Crippen LogP contribution in [-0.2, 0) is 4.74 Å². The first-order chi connectivity index (χ1) is 10.7. The number of aromatic amines is 1. The molecule has 2 nitrogen and oxygen atoms in total. The number of H-pyrrole nitrogens is 1. The van der Waals surface area contributed by atoms with Gasteiger partial charge >= 0.3 is 0 Å². The molecule has 112 valence electrons. The summed E-state index contributed by atoms with van der Waals surface area (Å²) in [4.78, 5) is 2.83. The zero-order valence-corrected chi connectivity index (χ0v) is 11.9. The Labute approximate surface area is 126 Å². The molecule has 3 aromatic rings. The molecule has 0 spiro atoms. The Balaban J connectivity index is 1.78. The van der Waals surface area contributed by atoms with Gasteiger partial charge in [0.15, 0.2) is 0 Å².